The van der Waals surface area contributed by atoms with Crippen molar-refractivity contribution in [3.8, 4) is 23.0 Å². The Morgan fingerprint density at radius 3 is 2.48 bits per heavy atom. The van der Waals surface area contributed by atoms with Gasteiger partial charge in [-0.2, -0.15) is 4.98 Å². The number of urea groups is 1. The van der Waals surface area contributed by atoms with E-state index < -0.39 is 11.6 Å². The monoisotopic (exact) mass is 385 g/mol. The van der Waals surface area contributed by atoms with Gasteiger partial charge in [0.1, 0.15) is 11.2 Å². The van der Waals surface area contributed by atoms with E-state index in [0.29, 0.717) is 23.0 Å². The topological polar surface area (TPSA) is 110 Å². The third kappa shape index (κ3) is 2.82. The van der Waals surface area contributed by atoms with E-state index in [2.05, 4.69) is 25.8 Å². The van der Waals surface area contributed by atoms with Gasteiger partial charge in [0.05, 0.1) is 5.52 Å². The predicted molar refractivity (Wildman–Crippen MR) is 104 cm³/mol. The van der Waals surface area contributed by atoms with Gasteiger partial charge in [-0.3, -0.25) is 10.1 Å². The van der Waals surface area contributed by atoms with Crippen molar-refractivity contribution < 1.29 is 14.1 Å². The minimum absolute atomic E-state index is 0.323. The van der Waals surface area contributed by atoms with E-state index in [1.807, 2.05) is 36.4 Å². The number of rotatable bonds is 3. The number of para-hydroxylation sites is 1. The fraction of sp³-hybridized carbons (Fsp3) is 0.0952. The summed E-state index contributed by atoms with van der Waals surface area (Å²) in [5, 5.41) is 9.96. The molecule has 0 aliphatic carbocycles. The quantitative estimate of drug-likeness (QED) is 0.525. The standard InChI is InChI=1S/C21H15N5O3/c1-21(19(27)24-20(28)25-21)14-9-6-13(7-10-14)17-23-18(29-26-17)16-11-8-12-4-2-3-5-15(12)22-16/h2-11H,1H3,(H2,24,25,27,28). The summed E-state index contributed by atoms with van der Waals surface area (Å²) in [5.41, 5.74) is 1.71. The van der Waals surface area contributed by atoms with Crippen LogP contribution in [0.3, 0.4) is 0 Å². The lowest BCUT2D eigenvalue weighted by Gasteiger charge is -2.20. The molecule has 0 radical (unpaired) electrons. The fourth-order valence-electron chi connectivity index (χ4n) is 3.33. The van der Waals surface area contributed by atoms with Crippen molar-refractivity contribution in [3.05, 3.63) is 66.2 Å². The lowest BCUT2D eigenvalue weighted by Crippen LogP contribution is -2.40. The predicted octanol–water partition coefficient (Wildman–Crippen LogP) is 3.01. The van der Waals surface area contributed by atoms with E-state index in [1.165, 1.54) is 0 Å². The van der Waals surface area contributed by atoms with E-state index in [0.717, 1.165) is 16.5 Å². The van der Waals surface area contributed by atoms with Gasteiger partial charge in [-0.15, -0.1) is 0 Å². The number of nitrogens with one attached hydrogen (secondary N) is 2. The molecule has 29 heavy (non-hydrogen) atoms. The molecule has 0 spiro atoms. The highest BCUT2D eigenvalue weighted by Gasteiger charge is 2.43. The van der Waals surface area contributed by atoms with Crippen LogP contribution in [0.5, 0.6) is 0 Å². The number of fused-ring (bicyclic) bond motifs is 1. The summed E-state index contributed by atoms with van der Waals surface area (Å²) in [6.07, 6.45) is 0. The highest BCUT2D eigenvalue weighted by Crippen LogP contribution is 2.28. The van der Waals surface area contributed by atoms with Crippen LogP contribution in [0.1, 0.15) is 12.5 Å². The van der Waals surface area contributed by atoms with E-state index in [4.69, 9.17) is 4.52 Å². The van der Waals surface area contributed by atoms with Crippen molar-refractivity contribution in [1.82, 2.24) is 25.8 Å². The van der Waals surface area contributed by atoms with Crippen LogP contribution in [0.4, 0.5) is 4.79 Å². The summed E-state index contributed by atoms with van der Waals surface area (Å²) in [7, 11) is 0. The van der Waals surface area contributed by atoms with Crippen LogP contribution in [0.15, 0.2) is 65.2 Å². The first-order valence-corrected chi connectivity index (χ1v) is 8.97. The summed E-state index contributed by atoms with van der Waals surface area (Å²) in [5.74, 6) is 0.343. The van der Waals surface area contributed by atoms with Crippen LogP contribution >= 0.6 is 0 Å². The molecular weight excluding hydrogens is 370 g/mol. The largest absolute Gasteiger partial charge is 0.332 e. The average Bonchev–Trinajstić information content (AvgIpc) is 3.33. The van der Waals surface area contributed by atoms with Crippen molar-refractivity contribution in [2.24, 2.45) is 0 Å². The summed E-state index contributed by atoms with van der Waals surface area (Å²) in [6.45, 7) is 1.65. The molecule has 1 unspecified atom stereocenters. The lowest BCUT2D eigenvalue weighted by atomic mass is 9.91. The number of carbonyl (C=O) groups excluding carboxylic acids is 2. The van der Waals surface area contributed by atoms with Gasteiger partial charge in [-0.1, -0.05) is 53.7 Å². The SMILES string of the molecule is CC1(c2ccc(-c3noc(-c4ccc5ccccc5n4)n3)cc2)NC(=O)NC1=O. The van der Waals surface area contributed by atoms with Crippen molar-refractivity contribution in [1.29, 1.82) is 0 Å². The minimum atomic E-state index is -1.10. The lowest BCUT2D eigenvalue weighted by molar-refractivity contribution is -0.123. The second-order valence-electron chi connectivity index (χ2n) is 6.92. The molecule has 0 bridgehead atoms. The molecule has 1 fully saturated rings. The number of hydrogen-bond acceptors (Lipinski definition) is 6. The summed E-state index contributed by atoms with van der Waals surface area (Å²) in [6, 6.07) is 18.1. The number of aromatic nitrogens is 3. The zero-order chi connectivity index (χ0) is 20.0. The van der Waals surface area contributed by atoms with Crippen molar-refractivity contribution in [2.75, 3.05) is 0 Å². The molecule has 3 amide bonds. The molecular formula is C21H15N5O3. The number of amides is 3. The Balaban J connectivity index is 1.44. The number of carbonyl (C=O) groups is 2. The normalized spacial score (nSPS) is 18.7. The Labute approximate surface area is 165 Å². The van der Waals surface area contributed by atoms with Crippen LogP contribution in [0.25, 0.3) is 33.9 Å². The van der Waals surface area contributed by atoms with E-state index in [-0.39, 0.29) is 5.91 Å². The van der Waals surface area contributed by atoms with Gasteiger partial charge < -0.3 is 9.84 Å². The maximum Gasteiger partial charge on any atom is 0.322 e. The number of imide groups is 1. The van der Waals surface area contributed by atoms with Crippen molar-refractivity contribution >= 4 is 22.8 Å². The number of pyridine rings is 1. The molecule has 8 heteroatoms. The maximum atomic E-state index is 12.1. The second-order valence-corrected chi connectivity index (χ2v) is 6.92. The Kier molecular flexibility index (Phi) is 3.67. The molecule has 2 aromatic heterocycles. The van der Waals surface area contributed by atoms with E-state index >= 15 is 0 Å². The van der Waals surface area contributed by atoms with Gasteiger partial charge in [-0.25, -0.2) is 9.78 Å². The van der Waals surface area contributed by atoms with E-state index in [9.17, 15) is 9.59 Å². The molecule has 5 rings (SSSR count). The van der Waals surface area contributed by atoms with Crippen LogP contribution < -0.4 is 10.6 Å². The van der Waals surface area contributed by atoms with Crippen LogP contribution in [-0.2, 0) is 10.3 Å². The van der Waals surface area contributed by atoms with Gasteiger partial charge in [0, 0.05) is 10.9 Å². The molecule has 8 nitrogen and oxygen atoms in total. The molecule has 0 saturated carbocycles. The van der Waals surface area contributed by atoms with Gasteiger partial charge in [0.15, 0.2) is 0 Å². The first-order chi connectivity index (χ1) is 14.0. The number of hydrogen-bond donors (Lipinski definition) is 2. The number of benzene rings is 2. The Hall–Kier alpha value is -4.07. The smallest absolute Gasteiger partial charge is 0.322 e. The summed E-state index contributed by atoms with van der Waals surface area (Å²) < 4.78 is 5.39. The Bertz CT molecular complexity index is 1260. The Morgan fingerprint density at radius 2 is 1.72 bits per heavy atom. The van der Waals surface area contributed by atoms with Gasteiger partial charge in [0.25, 0.3) is 11.8 Å². The van der Waals surface area contributed by atoms with Crippen molar-refractivity contribution in [2.45, 2.75) is 12.5 Å². The molecule has 4 aromatic rings. The first kappa shape index (κ1) is 17.1. The third-order valence-corrected chi connectivity index (χ3v) is 5.01. The van der Waals surface area contributed by atoms with Crippen LogP contribution in [-0.4, -0.2) is 27.1 Å². The van der Waals surface area contributed by atoms with Crippen LogP contribution in [0, 0.1) is 0 Å². The Morgan fingerprint density at radius 1 is 0.931 bits per heavy atom. The summed E-state index contributed by atoms with van der Waals surface area (Å²) >= 11 is 0. The fourth-order valence-corrected chi connectivity index (χ4v) is 3.33. The third-order valence-electron chi connectivity index (χ3n) is 5.01. The highest BCUT2D eigenvalue weighted by atomic mass is 16.5. The maximum absolute atomic E-state index is 12.1. The first-order valence-electron chi connectivity index (χ1n) is 8.97. The zero-order valence-electron chi connectivity index (χ0n) is 15.3. The number of nitrogens with zero attached hydrogens (tertiary/aromatic N) is 3. The molecule has 142 valence electrons. The molecule has 3 heterocycles. The molecule has 1 aliphatic rings. The molecule has 1 saturated heterocycles. The second kappa shape index (κ2) is 6.23. The van der Waals surface area contributed by atoms with Crippen LogP contribution in [0.2, 0.25) is 0 Å². The van der Waals surface area contributed by atoms with Gasteiger partial charge >= 0.3 is 6.03 Å². The molecule has 1 aliphatic heterocycles. The molecule has 2 N–H and O–H groups in total. The van der Waals surface area contributed by atoms with E-state index in [1.54, 1.807) is 31.2 Å². The highest BCUT2D eigenvalue weighted by molar-refractivity contribution is 6.07. The minimum Gasteiger partial charge on any atom is -0.332 e. The average molecular weight is 385 g/mol. The van der Waals surface area contributed by atoms with Gasteiger partial charge in [-0.05, 0) is 24.6 Å². The van der Waals surface area contributed by atoms with Crippen molar-refractivity contribution in [3.63, 3.8) is 0 Å². The zero-order valence-corrected chi connectivity index (χ0v) is 15.3. The molecule has 1 atom stereocenters. The van der Waals surface area contributed by atoms with Gasteiger partial charge in [0.2, 0.25) is 5.82 Å². The molecule has 2 aromatic carbocycles. The summed E-state index contributed by atoms with van der Waals surface area (Å²) in [4.78, 5) is 32.5.